The monoisotopic (exact) mass is 408 g/mol. The van der Waals surface area contributed by atoms with Crippen LogP contribution < -0.4 is 10.1 Å². The van der Waals surface area contributed by atoms with Gasteiger partial charge in [0.05, 0.1) is 6.61 Å². The second-order valence-corrected chi connectivity index (χ2v) is 8.09. The standard InChI is InChI=1S/C25H32N2O3/c1-3-4-5-17-30-23-11-9-20(10-12-23)24(28)26-22-8-6-7-21(18-22)25(29)27-15-13-19(2)14-16-27/h6-12,18-19H,3-5,13-17H2,1-2H3,(H,26,28). The topological polar surface area (TPSA) is 58.6 Å². The molecular weight excluding hydrogens is 376 g/mol. The number of hydrogen-bond donors (Lipinski definition) is 1. The van der Waals surface area contributed by atoms with E-state index in [1.54, 1.807) is 30.3 Å². The van der Waals surface area contributed by atoms with Gasteiger partial charge in [-0.2, -0.15) is 0 Å². The molecule has 160 valence electrons. The van der Waals surface area contributed by atoms with E-state index < -0.39 is 0 Å². The highest BCUT2D eigenvalue weighted by molar-refractivity contribution is 6.05. The SMILES string of the molecule is CCCCCOc1ccc(C(=O)Nc2cccc(C(=O)N3CCC(C)CC3)c2)cc1. The molecule has 0 bridgehead atoms. The molecule has 1 saturated heterocycles. The fourth-order valence-corrected chi connectivity index (χ4v) is 3.57. The number of unbranched alkanes of at least 4 members (excludes halogenated alkanes) is 2. The minimum Gasteiger partial charge on any atom is -0.494 e. The minimum absolute atomic E-state index is 0.0302. The molecule has 0 aliphatic carbocycles. The zero-order chi connectivity index (χ0) is 21.3. The van der Waals surface area contributed by atoms with Crippen molar-refractivity contribution in [3.63, 3.8) is 0 Å². The zero-order valence-electron chi connectivity index (χ0n) is 18.0. The molecule has 5 heteroatoms. The van der Waals surface area contributed by atoms with Gasteiger partial charge >= 0.3 is 0 Å². The first-order valence-electron chi connectivity index (χ1n) is 11.0. The first-order valence-corrected chi connectivity index (χ1v) is 11.0. The molecule has 5 nitrogen and oxygen atoms in total. The summed E-state index contributed by atoms with van der Waals surface area (Å²) in [5, 5.41) is 2.89. The summed E-state index contributed by atoms with van der Waals surface area (Å²) in [6.45, 7) is 6.67. The molecule has 2 aromatic carbocycles. The predicted molar refractivity (Wildman–Crippen MR) is 120 cm³/mol. The molecule has 0 unspecified atom stereocenters. The van der Waals surface area contributed by atoms with Crippen LogP contribution in [0, 0.1) is 5.92 Å². The van der Waals surface area contributed by atoms with Crippen LogP contribution in [0.25, 0.3) is 0 Å². The van der Waals surface area contributed by atoms with Crippen LogP contribution in [0.3, 0.4) is 0 Å². The van der Waals surface area contributed by atoms with E-state index in [0.717, 1.165) is 50.9 Å². The van der Waals surface area contributed by atoms with Gasteiger partial charge in [0.2, 0.25) is 0 Å². The normalized spacial score (nSPS) is 14.4. The number of hydrogen-bond acceptors (Lipinski definition) is 3. The van der Waals surface area contributed by atoms with E-state index >= 15 is 0 Å². The molecule has 0 radical (unpaired) electrons. The Kier molecular flexibility index (Phi) is 7.89. The van der Waals surface area contributed by atoms with Crippen LogP contribution in [0.2, 0.25) is 0 Å². The number of ether oxygens (including phenoxy) is 1. The van der Waals surface area contributed by atoms with Gasteiger partial charge in [0.1, 0.15) is 5.75 Å². The van der Waals surface area contributed by atoms with Crippen molar-refractivity contribution < 1.29 is 14.3 Å². The first-order chi connectivity index (χ1) is 14.6. The number of nitrogens with one attached hydrogen (secondary N) is 1. The summed E-state index contributed by atoms with van der Waals surface area (Å²) >= 11 is 0. The quantitative estimate of drug-likeness (QED) is 0.597. The Bertz CT molecular complexity index is 840. The summed E-state index contributed by atoms with van der Waals surface area (Å²) in [5.41, 5.74) is 1.78. The number of carbonyl (C=O) groups is 2. The molecule has 3 rings (SSSR count). The second-order valence-electron chi connectivity index (χ2n) is 8.09. The highest BCUT2D eigenvalue weighted by Crippen LogP contribution is 2.20. The van der Waals surface area contributed by atoms with Crippen LogP contribution in [0.4, 0.5) is 5.69 Å². The molecule has 0 atom stereocenters. The van der Waals surface area contributed by atoms with Gasteiger partial charge in [0.25, 0.3) is 11.8 Å². The lowest BCUT2D eigenvalue weighted by molar-refractivity contribution is 0.0697. The predicted octanol–water partition coefficient (Wildman–Crippen LogP) is 5.38. The van der Waals surface area contributed by atoms with Crippen LogP contribution >= 0.6 is 0 Å². The van der Waals surface area contributed by atoms with Gasteiger partial charge < -0.3 is 15.0 Å². The van der Waals surface area contributed by atoms with Gasteiger partial charge in [-0.3, -0.25) is 9.59 Å². The lowest BCUT2D eigenvalue weighted by Crippen LogP contribution is -2.37. The van der Waals surface area contributed by atoms with E-state index in [9.17, 15) is 9.59 Å². The van der Waals surface area contributed by atoms with Gasteiger partial charge in [-0.15, -0.1) is 0 Å². The summed E-state index contributed by atoms with van der Waals surface area (Å²) in [6, 6.07) is 14.3. The molecule has 30 heavy (non-hydrogen) atoms. The largest absolute Gasteiger partial charge is 0.494 e. The molecule has 1 N–H and O–H groups in total. The number of likely N-dealkylation sites (tertiary alicyclic amines) is 1. The molecule has 1 heterocycles. The molecule has 0 spiro atoms. The van der Waals surface area contributed by atoms with Gasteiger partial charge in [-0.05, 0) is 67.6 Å². The minimum atomic E-state index is -0.205. The maximum absolute atomic E-state index is 12.8. The van der Waals surface area contributed by atoms with Crippen molar-refractivity contribution in [1.29, 1.82) is 0 Å². The smallest absolute Gasteiger partial charge is 0.255 e. The highest BCUT2D eigenvalue weighted by atomic mass is 16.5. The summed E-state index contributed by atoms with van der Waals surface area (Å²) < 4.78 is 5.69. The summed E-state index contributed by atoms with van der Waals surface area (Å²) in [5.74, 6) is 1.27. The number of carbonyl (C=O) groups excluding carboxylic acids is 2. The number of anilines is 1. The van der Waals surface area contributed by atoms with Gasteiger partial charge in [-0.1, -0.05) is 32.8 Å². The Hall–Kier alpha value is -2.82. The fourth-order valence-electron chi connectivity index (χ4n) is 3.57. The summed E-state index contributed by atoms with van der Waals surface area (Å²) in [7, 11) is 0. The Labute approximate surface area is 179 Å². The number of amides is 2. The zero-order valence-corrected chi connectivity index (χ0v) is 18.0. The van der Waals surface area contributed by atoms with E-state index in [-0.39, 0.29) is 11.8 Å². The van der Waals surface area contributed by atoms with Crippen LogP contribution in [-0.2, 0) is 0 Å². The van der Waals surface area contributed by atoms with Gasteiger partial charge in [-0.25, -0.2) is 0 Å². The highest BCUT2D eigenvalue weighted by Gasteiger charge is 2.21. The van der Waals surface area contributed by atoms with Crippen molar-refractivity contribution in [2.45, 2.75) is 46.0 Å². The molecule has 2 aromatic rings. The van der Waals surface area contributed by atoms with Crippen molar-refractivity contribution in [3.05, 3.63) is 59.7 Å². The maximum Gasteiger partial charge on any atom is 0.255 e. The molecule has 1 fully saturated rings. The van der Waals surface area contributed by atoms with Crippen molar-refractivity contribution in [2.24, 2.45) is 5.92 Å². The third-order valence-electron chi connectivity index (χ3n) is 5.57. The van der Waals surface area contributed by atoms with E-state index in [1.165, 1.54) is 0 Å². The Morgan fingerprint density at radius 3 is 2.47 bits per heavy atom. The van der Waals surface area contributed by atoms with Crippen LogP contribution in [0.15, 0.2) is 48.5 Å². The number of nitrogens with zero attached hydrogens (tertiary/aromatic N) is 1. The van der Waals surface area contributed by atoms with E-state index in [4.69, 9.17) is 4.74 Å². The molecule has 0 saturated carbocycles. The Morgan fingerprint density at radius 2 is 1.77 bits per heavy atom. The Balaban J connectivity index is 1.57. The van der Waals surface area contributed by atoms with Crippen molar-refractivity contribution in [3.8, 4) is 5.75 Å². The third kappa shape index (κ3) is 6.09. The van der Waals surface area contributed by atoms with Crippen LogP contribution in [-0.4, -0.2) is 36.4 Å². The van der Waals surface area contributed by atoms with Crippen molar-refractivity contribution in [1.82, 2.24) is 4.90 Å². The first kappa shape index (κ1) is 21.9. The van der Waals surface area contributed by atoms with Crippen molar-refractivity contribution >= 4 is 17.5 Å². The number of benzene rings is 2. The third-order valence-corrected chi connectivity index (χ3v) is 5.57. The molecule has 1 aliphatic rings. The average Bonchev–Trinajstić information content (AvgIpc) is 2.77. The van der Waals surface area contributed by atoms with Crippen molar-refractivity contribution in [2.75, 3.05) is 25.0 Å². The lowest BCUT2D eigenvalue weighted by Gasteiger charge is -2.30. The molecular formula is C25H32N2O3. The van der Waals surface area contributed by atoms with Gasteiger partial charge in [0.15, 0.2) is 0 Å². The number of rotatable bonds is 8. The summed E-state index contributed by atoms with van der Waals surface area (Å²) in [6.07, 6.45) is 5.43. The van der Waals surface area contributed by atoms with Crippen LogP contribution in [0.1, 0.15) is 66.7 Å². The Morgan fingerprint density at radius 1 is 1.03 bits per heavy atom. The van der Waals surface area contributed by atoms with Gasteiger partial charge in [0, 0.05) is 29.9 Å². The number of piperidine rings is 1. The lowest BCUT2D eigenvalue weighted by atomic mass is 9.98. The second kappa shape index (κ2) is 10.8. The van der Waals surface area contributed by atoms with E-state index in [0.29, 0.717) is 29.3 Å². The maximum atomic E-state index is 12.8. The molecule has 1 aliphatic heterocycles. The summed E-state index contributed by atoms with van der Waals surface area (Å²) in [4.78, 5) is 27.3. The molecule has 2 amide bonds. The van der Waals surface area contributed by atoms with E-state index in [2.05, 4.69) is 19.2 Å². The molecule has 0 aromatic heterocycles. The fraction of sp³-hybridized carbons (Fsp3) is 0.440. The average molecular weight is 409 g/mol. The van der Waals surface area contributed by atoms with Crippen LogP contribution in [0.5, 0.6) is 5.75 Å². The van der Waals surface area contributed by atoms with E-state index in [1.807, 2.05) is 23.1 Å².